The Morgan fingerprint density at radius 3 is 2.56 bits per heavy atom. The topological polar surface area (TPSA) is 38.8 Å². The highest BCUT2D eigenvalue weighted by atomic mass is 16.5. The molecule has 0 aromatic heterocycles. The fourth-order valence-corrected chi connectivity index (χ4v) is 2.56. The number of carbonyl (C=O) groups is 1. The zero-order valence-electron chi connectivity index (χ0n) is 14.9. The number of methoxy groups -OCH3 is 1. The second-order valence-corrected chi connectivity index (χ2v) is 5.59. The van der Waals surface area contributed by atoms with E-state index in [0.717, 1.165) is 6.42 Å². The lowest BCUT2D eigenvalue weighted by Gasteiger charge is -2.21. The van der Waals surface area contributed by atoms with Gasteiger partial charge in [0.05, 0.1) is 7.11 Å². The third kappa shape index (κ3) is 5.11. The molecule has 2 rings (SSSR count). The van der Waals surface area contributed by atoms with Crippen LogP contribution in [0.4, 0.5) is 0 Å². The Morgan fingerprint density at radius 1 is 1.16 bits per heavy atom. The smallest absolute Gasteiger partial charge is 0.253 e. The van der Waals surface area contributed by atoms with Crippen molar-refractivity contribution in [3.63, 3.8) is 0 Å². The van der Waals surface area contributed by atoms with Gasteiger partial charge in [0.15, 0.2) is 11.5 Å². The van der Waals surface area contributed by atoms with Crippen LogP contribution < -0.4 is 9.47 Å². The van der Waals surface area contributed by atoms with Gasteiger partial charge in [0.2, 0.25) is 0 Å². The molecular formula is C21H25NO3. The highest BCUT2D eigenvalue weighted by molar-refractivity contribution is 5.95. The fourth-order valence-electron chi connectivity index (χ4n) is 2.56. The molecule has 2 aromatic rings. The van der Waals surface area contributed by atoms with Crippen molar-refractivity contribution in [1.29, 1.82) is 0 Å². The second kappa shape index (κ2) is 9.52. The first-order valence-electron chi connectivity index (χ1n) is 8.44. The summed E-state index contributed by atoms with van der Waals surface area (Å²) in [6.45, 7) is 7.34. The van der Waals surface area contributed by atoms with E-state index in [2.05, 4.69) is 18.7 Å². The van der Waals surface area contributed by atoms with Gasteiger partial charge in [-0.3, -0.25) is 4.79 Å². The van der Waals surface area contributed by atoms with E-state index in [1.807, 2.05) is 30.0 Å². The standard InChI is InChI=1S/C21H25NO3/c1-4-15-25-19-12-11-18(16-20(19)24-3)21(23)22(5-2)14-13-17-9-7-6-8-10-17/h4,6-12,16H,1,5,13-15H2,2-3H3. The molecule has 0 aliphatic heterocycles. The van der Waals surface area contributed by atoms with Gasteiger partial charge in [-0.1, -0.05) is 43.0 Å². The summed E-state index contributed by atoms with van der Waals surface area (Å²) in [4.78, 5) is 14.6. The molecule has 0 unspecified atom stereocenters. The lowest BCUT2D eigenvalue weighted by molar-refractivity contribution is 0.0765. The van der Waals surface area contributed by atoms with Crippen LogP contribution in [0.1, 0.15) is 22.8 Å². The molecule has 0 radical (unpaired) electrons. The van der Waals surface area contributed by atoms with Gasteiger partial charge < -0.3 is 14.4 Å². The first kappa shape index (κ1) is 18.6. The number of benzene rings is 2. The van der Waals surface area contributed by atoms with Crippen molar-refractivity contribution in [3.8, 4) is 11.5 Å². The van der Waals surface area contributed by atoms with Crippen LogP contribution in [0.3, 0.4) is 0 Å². The molecule has 1 amide bonds. The third-order valence-electron chi connectivity index (χ3n) is 3.95. The van der Waals surface area contributed by atoms with Crippen LogP contribution in [0.25, 0.3) is 0 Å². The molecule has 0 spiro atoms. The number of hydrogen-bond acceptors (Lipinski definition) is 3. The van der Waals surface area contributed by atoms with Gasteiger partial charge in [0.1, 0.15) is 6.61 Å². The van der Waals surface area contributed by atoms with Gasteiger partial charge in [-0.25, -0.2) is 0 Å². The molecule has 4 nitrogen and oxygen atoms in total. The summed E-state index contributed by atoms with van der Waals surface area (Å²) in [5.74, 6) is 1.14. The molecule has 0 N–H and O–H groups in total. The maximum atomic E-state index is 12.8. The molecule has 0 aliphatic carbocycles. The third-order valence-corrected chi connectivity index (χ3v) is 3.95. The number of nitrogens with zero attached hydrogens (tertiary/aromatic N) is 1. The van der Waals surface area contributed by atoms with E-state index in [1.165, 1.54) is 5.56 Å². The van der Waals surface area contributed by atoms with E-state index in [1.54, 1.807) is 31.4 Å². The zero-order chi connectivity index (χ0) is 18.1. The van der Waals surface area contributed by atoms with Crippen molar-refractivity contribution < 1.29 is 14.3 Å². The number of likely N-dealkylation sites (N-methyl/N-ethyl adjacent to an activating group) is 1. The lowest BCUT2D eigenvalue weighted by Crippen LogP contribution is -2.32. The Hall–Kier alpha value is -2.75. The maximum Gasteiger partial charge on any atom is 0.253 e. The number of rotatable bonds is 9. The summed E-state index contributed by atoms with van der Waals surface area (Å²) in [6.07, 6.45) is 2.50. The van der Waals surface area contributed by atoms with Gasteiger partial charge in [0.25, 0.3) is 5.91 Å². The molecule has 0 fully saturated rings. The molecule has 4 heteroatoms. The van der Waals surface area contributed by atoms with Crippen LogP contribution in [0, 0.1) is 0 Å². The maximum absolute atomic E-state index is 12.8. The number of ether oxygens (including phenoxy) is 2. The van der Waals surface area contributed by atoms with Crippen molar-refractivity contribution in [3.05, 3.63) is 72.3 Å². The Morgan fingerprint density at radius 2 is 1.92 bits per heavy atom. The van der Waals surface area contributed by atoms with E-state index in [-0.39, 0.29) is 5.91 Å². The molecule has 0 bridgehead atoms. The fraction of sp³-hybridized carbons (Fsp3) is 0.286. The monoisotopic (exact) mass is 339 g/mol. The van der Waals surface area contributed by atoms with E-state index >= 15 is 0 Å². The van der Waals surface area contributed by atoms with Crippen LogP contribution in [0.5, 0.6) is 11.5 Å². The van der Waals surface area contributed by atoms with E-state index in [9.17, 15) is 4.79 Å². The predicted molar refractivity (Wildman–Crippen MR) is 100 cm³/mol. The van der Waals surface area contributed by atoms with E-state index < -0.39 is 0 Å². The molecule has 0 heterocycles. The Kier molecular flexibility index (Phi) is 7.08. The molecular weight excluding hydrogens is 314 g/mol. The van der Waals surface area contributed by atoms with Crippen LogP contribution in [-0.4, -0.2) is 37.6 Å². The first-order valence-corrected chi connectivity index (χ1v) is 8.44. The molecule has 0 atom stereocenters. The predicted octanol–water partition coefficient (Wildman–Crippen LogP) is 3.96. The number of amides is 1. The van der Waals surface area contributed by atoms with Crippen molar-refractivity contribution >= 4 is 5.91 Å². The average Bonchev–Trinajstić information content (AvgIpc) is 2.67. The summed E-state index contributed by atoms with van der Waals surface area (Å²) < 4.78 is 10.9. The molecule has 0 saturated carbocycles. The van der Waals surface area contributed by atoms with E-state index in [4.69, 9.17) is 9.47 Å². The minimum atomic E-state index is -0.00741. The molecule has 132 valence electrons. The SMILES string of the molecule is C=CCOc1ccc(C(=O)N(CC)CCc2ccccc2)cc1OC. The summed E-state index contributed by atoms with van der Waals surface area (Å²) in [6, 6.07) is 15.4. The lowest BCUT2D eigenvalue weighted by atomic mass is 10.1. The summed E-state index contributed by atoms with van der Waals surface area (Å²) >= 11 is 0. The zero-order valence-corrected chi connectivity index (χ0v) is 14.9. The van der Waals surface area contributed by atoms with Crippen LogP contribution in [0.2, 0.25) is 0 Å². The molecule has 2 aromatic carbocycles. The first-order chi connectivity index (χ1) is 12.2. The Balaban J connectivity index is 2.09. The van der Waals surface area contributed by atoms with Crippen molar-refractivity contribution in [1.82, 2.24) is 4.90 Å². The molecule has 0 saturated heterocycles. The normalized spacial score (nSPS) is 10.2. The summed E-state index contributed by atoms with van der Waals surface area (Å²) in [5, 5.41) is 0. The van der Waals surface area contributed by atoms with Gasteiger partial charge in [-0.15, -0.1) is 0 Å². The van der Waals surface area contributed by atoms with Gasteiger partial charge >= 0.3 is 0 Å². The second-order valence-electron chi connectivity index (χ2n) is 5.59. The van der Waals surface area contributed by atoms with Crippen molar-refractivity contribution in [2.75, 3.05) is 26.8 Å². The minimum absolute atomic E-state index is 0.00741. The van der Waals surface area contributed by atoms with Crippen LogP contribution in [0.15, 0.2) is 61.2 Å². The van der Waals surface area contributed by atoms with Crippen molar-refractivity contribution in [2.24, 2.45) is 0 Å². The van der Waals surface area contributed by atoms with Gasteiger partial charge in [-0.05, 0) is 37.1 Å². The van der Waals surface area contributed by atoms with Crippen LogP contribution in [-0.2, 0) is 6.42 Å². The quantitative estimate of drug-likeness (QED) is 0.649. The molecule has 25 heavy (non-hydrogen) atoms. The van der Waals surface area contributed by atoms with Crippen molar-refractivity contribution in [2.45, 2.75) is 13.3 Å². The van der Waals surface area contributed by atoms with Gasteiger partial charge in [-0.2, -0.15) is 0 Å². The Bertz CT molecular complexity index is 698. The molecule has 0 aliphatic rings. The average molecular weight is 339 g/mol. The van der Waals surface area contributed by atoms with E-state index in [0.29, 0.717) is 36.8 Å². The minimum Gasteiger partial charge on any atom is -0.493 e. The van der Waals surface area contributed by atoms with Gasteiger partial charge in [0, 0.05) is 18.7 Å². The Labute approximate surface area is 149 Å². The van der Waals surface area contributed by atoms with Crippen LogP contribution >= 0.6 is 0 Å². The highest BCUT2D eigenvalue weighted by Gasteiger charge is 2.16. The summed E-state index contributed by atoms with van der Waals surface area (Å²) in [7, 11) is 1.57. The largest absolute Gasteiger partial charge is 0.493 e. The number of hydrogen-bond donors (Lipinski definition) is 0. The number of carbonyl (C=O) groups excluding carboxylic acids is 1. The highest BCUT2D eigenvalue weighted by Crippen LogP contribution is 2.28. The summed E-state index contributed by atoms with van der Waals surface area (Å²) in [5.41, 5.74) is 1.82.